The highest BCUT2D eigenvalue weighted by Crippen LogP contribution is 2.38. The summed E-state index contributed by atoms with van der Waals surface area (Å²) >= 11 is 6.23. The second kappa shape index (κ2) is 8.93. The molecule has 2 aromatic carbocycles. The number of rotatable bonds is 3. The number of hydrogen-bond donors (Lipinski definition) is 1. The molecule has 0 radical (unpaired) electrons. The molecule has 1 saturated carbocycles. The number of carbonyl (C=O) groups excluding carboxylic acids is 1. The predicted molar refractivity (Wildman–Crippen MR) is 137 cm³/mol. The van der Waals surface area contributed by atoms with E-state index in [9.17, 15) is 4.79 Å². The van der Waals surface area contributed by atoms with Gasteiger partial charge in [-0.25, -0.2) is 9.48 Å². The molecule has 2 amide bonds. The first-order chi connectivity index (χ1) is 17.1. The minimum absolute atomic E-state index is 0.0377. The highest BCUT2D eigenvalue weighted by Gasteiger charge is 2.36. The molecule has 1 N–H and O–H groups in total. The molecule has 6 rings (SSSR count). The Morgan fingerprint density at radius 3 is 2.49 bits per heavy atom. The van der Waals surface area contributed by atoms with Gasteiger partial charge >= 0.3 is 6.03 Å². The lowest BCUT2D eigenvalue weighted by molar-refractivity contribution is 0.176. The molecule has 1 fully saturated rings. The lowest BCUT2D eigenvalue weighted by atomic mass is 10.0. The van der Waals surface area contributed by atoms with Crippen LogP contribution < -0.4 is 5.32 Å². The molecule has 0 spiro atoms. The van der Waals surface area contributed by atoms with Crippen LogP contribution in [-0.2, 0) is 6.54 Å². The zero-order valence-electron chi connectivity index (χ0n) is 19.7. The second-order valence-corrected chi connectivity index (χ2v) is 9.89. The summed E-state index contributed by atoms with van der Waals surface area (Å²) in [6.07, 6.45) is 6.48. The molecule has 2 aromatic heterocycles. The average Bonchev–Trinajstić information content (AvgIpc) is 3.60. The van der Waals surface area contributed by atoms with Crippen molar-refractivity contribution in [3.05, 3.63) is 100 Å². The number of urea groups is 1. The number of aryl methyl sites for hydroxylation is 1. The van der Waals surface area contributed by atoms with Crippen LogP contribution in [-0.4, -0.2) is 31.3 Å². The number of benzene rings is 2. The van der Waals surface area contributed by atoms with E-state index in [-0.39, 0.29) is 18.1 Å². The van der Waals surface area contributed by atoms with Crippen LogP contribution in [0, 0.1) is 6.92 Å². The van der Waals surface area contributed by atoms with E-state index in [2.05, 4.69) is 34.3 Å². The van der Waals surface area contributed by atoms with Crippen LogP contribution >= 0.6 is 11.6 Å². The third-order valence-electron chi connectivity index (χ3n) is 7.22. The third-order valence-corrected chi connectivity index (χ3v) is 7.47. The Labute approximate surface area is 210 Å². The summed E-state index contributed by atoms with van der Waals surface area (Å²) in [6, 6.07) is 22.1. The van der Waals surface area contributed by atoms with E-state index in [0.29, 0.717) is 11.6 Å². The minimum atomic E-state index is -0.264. The van der Waals surface area contributed by atoms with Crippen molar-refractivity contribution in [2.24, 2.45) is 0 Å². The van der Waals surface area contributed by atoms with Crippen LogP contribution in [0.1, 0.15) is 54.2 Å². The zero-order valence-corrected chi connectivity index (χ0v) is 20.4. The molecule has 178 valence electrons. The highest BCUT2D eigenvalue weighted by molar-refractivity contribution is 6.30. The van der Waals surface area contributed by atoms with Crippen LogP contribution in [0.5, 0.6) is 0 Å². The number of aromatic nitrogens is 3. The van der Waals surface area contributed by atoms with Crippen molar-refractivity contribution in [3.63, 3.8) is 0 Å². The standard InChI is InChI=1S/C28H28ClN5O/c1-19-24-18-33(28(35)30-22-8-5-6-9-22)26(20-13-15-21(29)16-14-20)25-12-7-17-32(25)27(24)34(31-19)23-10-3-2-4-11-23/h2-4,7,10-17,22,26H,5-6,8-9,18H2,1H3,(H,30,35)/t26-/m1/s1. The van der Waals surface area contributed by atoms with Crippen LogP contribution in [0.15, 0.2) is 72.9 Å². The summed E-state index contributed by atoms with van der Waals surface area (Å²) < 4.78 is 4.18. The van der Waals surface area contributed by atoms with Crippen molar-refractivity contribution < 1.29 is 4.79 Å². The van der Waals surface area contributed by atoms with Gasteiger partial charge in [0, 0.05) is 22.8 Å². The van der Waals surface area contributed by atoms with Crippen LogP contribution in [0.3, 0.4) is 0 Å². The van der Waals surface area contributed by atoms with Gasteiger partial charge in [-0.15, -0.1) is 0 Å². The predicted octanol–water partition coefficient (Wildman–Crippen LogP) is 6.18. The topological polar surface area (TPSA) is 55.1 Å². The van der Waals surface area contributed by atoms with Gasteiger partial charge in [-0.1, -0.05) is 54.8 Å². The van der Waals surface area contributed by atoms with E-state index < -0.39 is 0 Å². The number of amides is 2. The molecule has 1 aliphatic heterocycles. The zero-order chi connectivity index (χ0) is 23.9. The molecule has 1 aliphatic carbocycles. The van der Waals surface area contributed by atoms with Crippen molar-refractivity contribution in [2.45, 2.75) is 51.2 Å². The molecular formula is C28H28ClN5O. The van der Waals surface area contributed by atoms with Crippen molar-refractivity contribution in [2.75, 3.05) is 0 Å². The second-order valence-electron chi connectivity index (χ2n) is 9.45. The van der Waals surface area contributed by atoms with Gasteiger partial charge in [-0.2, -0.15) is 5.10 Å². The number of nitrogens with zero attached hydrogens (tertiary/aromatic N) is 4. The van der Waals surface area contributed by atoms with E-state index in [1.807, 2.05) is 65.0 Å². The fraction of sp³-hybridized carbons (Fsp3) is 0.286. The summed E-state index contributed by atoms with van der Waals surface area (Å²) in [5.74, 6) is 0.976. The van der Waals surface area contributed by atoms with Crippen LogP contribution in [0.25, 0.3) is 11.5 Å². The molecule has 0 unspecified atom stereocenters. The Balaban J connectivity index is 1.53. The largest absolute Gasteiger partial charge is 0.335 e. The molecule has 7 heteroatoms. The Kier molecular flexibility index (Phi) is 5.61. The first-order valence-corrected chi connectivity index (χ1v) is 12.6. The van der Waals surface area contributed by atoms with Gasteiger partial charge in [0.05, 0.1) is 29.7 Å². The molecule has 0 bridgehead atoms. The first kappa shape index (κ1) is 22.0. The van der Waals surface area contributed by atoms with E-state index in [1.165, 1.54) is 12.8 Å². The summed E-state index contributed by atoms with van der Waals surface area (Å²) in [5.41, 5.74) is 4.99. The minimum Gasteiger partial charge on any atom is -0.335 e. The molecule has 4 aromatic rings. The molecule has 6 nitrogen and oxygen atoms in total. The van der Waals surface area contributed by atoms with Gasteiger partial charge in [0.1, 0.15) is 5.82 Å². The normalized spacial score (nSPS) is 17.7. The third kappa shape index (κ3) is 3.92. The molecule has 2 aliphatic rings. The summed E-state index contributed by atoms with van der Waals surface area (Å²) in [7, 11) is 0. The van der Waals surface area contributed by atoms with Gasteiger partial charge < -0.3 is 14.8 Å². The summed E-state index contributed by atoms with van der Waals surface area (Å²) in [5, 5.41) is 8.91. The van der Waals surface area contributed by atoms with Gasteiger partial charge in [-0.3, -0.25) is 0 Å². The van der Waals surface area contributed by atoms with E-state index >= 15 is 0 Å². The van der Waals surface area contributed by atoms with E-state index in [0.717, 1.165) is 46.9 Å². The number of para-hydroxylation sites is 1. The maximum Gasteiger partial charge on any atom is 0.318 e. The number of hydrogen-bond acceptors (Lipinski definition) is 2. The Hall–Kier alpha value is -3.51. The average molecular weight is 486 g/mol. The quantitative estimate of drug-likeness (QED) is 0.376. The monoisotopic (exact) mass is 485 g/mol. The molecule has 3 heterocycles. The van der Waals surface area contributed by atoms with Crippen LogP contribution in [0.4, 0.5) is 4.79 Å². The maximum absolute atomic E-state index is 13.8. The molecule has 0 saturated heterocycles. The van der Waals surface area contributed by atoms with E-state index in [1.54, 1.807) is 0 Å². The molecular weight excluding hydrogens is 458 g/mol. The van der Waals surface area contributed by atoms with Gasteiger partial charge in [0.15, 0.2) is 0 Å². The van der Waals surface area contributed by atoms with Gasteiger partial charge in [0.25, 0.3) is 0 Å². The smallest absolute Gasteiger partial charge is 0.318 e. The molecule has 1 atom stereocenters. The summed E-state index contributed by atoms with van der Waals surface area (Å²) in [6.45, 7) is 2.48. The van der Waals surface area contributed by atoms with Crippen molar-refractivity contribution in [1.82, 2.24) is 24.6 Å². The number of fused-ring (bicyclic) bond motifs is 3. The number of nitrogens with one attached hydrogen (secondary N) is 1. The van der Waals surface area contributed by atoms with Crippen molar-refractivity contribution >= 4 is 17.6 Å². The Morgan fingerprint density at radius 1 is 1.00 bits per heavy atom. The maximum atomic E-state index is 13.8. The Morgan fingerprint density at radius 2 is 1.74 bits per heavy atom. The SMILES string of the molecule is Cc1nn(-c2ccccc2)c2c1CN(C(=O)NC1CCCC1)[C@H](c1ccc(Cl)cc1)c1cccn1-2. The van der Waals surface area contributed by atoms with Gasteiger partial charge in [-0.05, 0) is 61.7 Å². The van der Waals surface area contributed by atoms with Crippen LogP contribution in [0.2, 0.25) is 5.02 Å². The highest BCUT2D eigenvalue weighted by atomic mass is 35.5. The summed E-state index contributed by atoms with van der Waals surface area (Å²) in [4.78, 5) is 15.8. The first-order valence-electron chi connectivity index (χ1n) is 12.2. The number of halogens is 1. The lowest BCUT2D eigenvalue weighted by Crippen LogP contribution is -2.45. The fourth-order valence-corrected chi connectivity index (χ4v) is 5.60. The molecule has 35 heavy (non-hydrogen) atoms. The van der Waals surface area contributed by atoms with Gasteiger partial charge in [0.2, 0.25) is 0 Å². The Bertz CT molecular complexity index is 1350. The van der Waals surface area contributed by atoms with Crippen molar-refractivity contribution in [3.8, 4) is 11.5 Å². The van der Waals surface area contributed by atoms with Crippen molar-refractivity contribution in [1.29, 1.82) is 0 Å². The van der Waals surface area contributed by atoms with E-state index in [4.69, 9.17) is 16.7 Å². The lowest BCUT2D eigenvalue weighted by Gasteiger charge is -2.32. The number of carbonyl (C=O) groups is 1. The fourth-order valence-electron chi connectivity index (χ4n) is 5.47.